The van der Waals surface area contributed by atoms with E-state index in [0.29, 0.717) is 0 Å². The summed E-state index contributed by atoms with van der Waals surface area (Å²) < 4.78 is 0. The average Bonchev–Trinajstić information content (AvgIpc) is 3.78. The Hall–Kier alpha value is -7.54. The Kier molecular flexibility index (Phi) is 6.95. The number of fused-ring (bicyclic) bond motifs is 11. The van der Waals surface area contributed by atoms with Gasteiger partial charge in [0, 0.05) is 0 Å². The summed E-state index contributed by atoms with van der Waals surface area (Å²) in [6, 6.07) is 73.4. The van der Waals surface area contributed by atoms with E-state index in [9.17, 15) is 0 Å². The quantitative estimate of drug-likeness (QED) is 0.157. The van der Waals surface area contributed by atoms with Crippen LogP contribution in [0.25, 0.3) is 131 Å². The van der Waals surface area contributed by atoms with Crippen molar-refractivity contribution < 1.29 is 0 Å². The molecule has 60 heavy (non-hydrogen) atoms. The molecule has 13 rings (SSSR count). The van der Waals surface area contributed by atoms with E-state index in [0.717, 1.165) is 0 Å². The van der Waals surface area contributed by atoms with Crippen molar-refractivity contribution in [2.24, 2.45) is 0 Å². The maximum absolute atomic E-state index is 2.51. The predicted molar refractivity (Wildman–Crippen MR) is 260 cm³/mol. The molecule has 0 fully saturated rings. The van der Waals surface area contributed by atoms with Crippen LogP contribution in [0.1, 0.15) is 11.1 Å². The lowest BCUT2D eigenvalue weighted by Crippen LogP contribution is -1.86. The zero-order valence-electron chi connectivity index (χ0n) is 33.5. The third kappa shape index (κ3) is 4.85. The van der Waals surface area contributed by atoms with E-state index in [2.05, 4.69) is 208 Å². The lowest BCUT2D eigenvalue weighted by molar-refractivity contribution is 1.47. The minimum Gasteiger partial charge on any atom is -0.0622 e. The van der Waals surface area contributed by atoms with Crippen molar-refractivity contribution in [2.45, 2.75) is 13.8 Å². The van der Waals surface area contributed by atoms with Crippen molar-refractivity contribution in [2.75, 3.05) is 0 Å². The van der Waals surface area contributed by atoms with Crippen molar-refractivity contribution in [3.8, 4) is 44.5 Å². The van der Waals surface area contributed by atoms with Crippen molar-refractivity contribution in [3.63, 3.8) is 0 Å². The summed E-state index contributed by atoms with van der Waals surface area (Å²) in [5, 5.41) is 21.1. The van der Waals surface area contributed by atoms with Gasteiger partial charge in [0.15, 0.2) is 0 Å². The van der Waals surface area contributed by atoms with Gasteiger partial charge < -0.3 is 0 Å². The first kappa shape index (κ1) is 33.4. The average molecular weight is 759 g/mol. The summed E-state index contributed by atoms with van der Waals surface area (Å²) in [5.41, 5.74) is 12.5. The Morgan fingerprint density at radius 1 is 0.183 bits per heavy atom. The van der Waals surface area contributed by atoms with Crippen LogP contribution in [0.3, 0.4) is 0 Å². The van der Waals surface area contributed by atoms with Gasteiger partial charge in [-0.3, -0.25) is 0 Å². The van der Waals surface area contributed by atoms with E-state index in [1.807, 2.05) is 0 Å². The van der Waals surface area contributed by atoms with E-state index in [1.54, 1.807) is 0 Å². The summed E-state index contributed by atoms with van der Waals surface area (Å²) in [5.74, 6) is 0. The molecule has 278 valence electrons. The van der Waals surface area contributed by atoms with Crippen LogP contribution in [0.15, 0.2) is 194 Å². The highest BCUT2D eigenvalue weighted by Gasteiger charge is 2.21. The fourth-order valence-corrected chi connectivity index (χ4v) is 10.6. The van der Waals surface area contributed by atoms with E-state index in [-0.39, 0.29) is 0 Å². The Labute approximate surface area is 348 Å². The van der Waals surface area contributed by atoms with Gasteiger partial charge in [0.2, 0.25) is 0 Å². The number of benzene rings is 11. The molecule has 0 atom stereocenters. The second kappa shape index (κ2) is 12.5. The topological polar surface area (TPSA) is 0 Å². The van der Waals surface area contributed by atoms with Crippen molar-refractivity contribution in [1.82, 2.24) is 0 Å². The van der Waals surface area contributed by atoms with Crippen LogP contribution >= 0.6 is 0 Å². The Morgan fingerprint density at radius 2 is 0.483 bits per heavy atom. The zero-order chi connectivity index (χ0) is 39.6. The van der Waals surface area contributed by atoms with Gasteiger partial charge in [0.25, 0.3) is 0 Å². The van der Waals surface area contributed by atoms with E-state index < -0.39 is 0 Å². The molecule has 0 saturated carbocycles. The molecule has 13 aromatic rings. The highest BCUT2D eigenvalue weighted by atomic mass is 14.2. The zero-order valence-corrected chi connectivity index (χ0v) is 33.5. The van der Waals surface area contributed by atoms with Gasteiger partial charge in [-0.25, -0.2) is 0 Å². The number of rotatable bonds is 4. The van der Waals surface area contributed by atoms with Gasteiger partial charge in [-0.05, 0) is 193 Å². The molecular formula is C60H38. The first-order chi connectivity index (χ1) is 29.5. The minimum absolute atomic E-state index is 1.24. The van der Waals surface area contributed by atoms with Crippen LogP contribution in [-0.4, -0.2) is 0 Å². The molecule has 0 N–H and O–H groups in total. The normalized spacial score (nSPS) is 12.2. The molecule has 0 unspecified atom stereocenters. The fraction of sp³-hybridized carbons (Fsp3) is 0.0333. The van der Waals surface area contributed by atoms with Crippen LogP contribution < -0.4 is 0 Å². The molecular weight excluding hydrogens is 721 g/mol. The largest absolute Gasteiger partial charge is 0.0622 e. The molecule has 0 spiro atoms. The molecule has 0 aliphatic carbocycles. The standard InChI is InChI=1S/C60H38/c1-35-11-9-17-39(25-35)41-19-21-45-49(27-41)55-31-43(37-13-5-3-6-14-37)29-53-47-23-24-48-52(51(47)33-57(45)59(53)55)34-58-46-22-20-42(40-18-10-12-36(2)26-40)28-50(46)56-32-44(30-54(48)60(56)58)38-15-7-4-8-16-38/h3-34H,1-2H3. The molecule has 0 bridgehead atoms. The number of aryl methyl sites for hydroxylation is 2. The van der Waals surface area contributed by atoms with Crippen LogP contribution in [-0.2, 0) is 0 Å². The van der Waals surface area contributed by atoms with Crippen LogP contribution in [0, 0.1) is 13.8 Å². The maximum atomic E-state index is 2.51. The molecule has 0 aliphatic heterocycles. The van der Waals surface area contributed by atoms with E-state index >= 15 is 0 Å². The second-order valence-corrected chi connectivity index (χ2v) is 17.0. The Bertz CT molecular complexity index is 3620. The minimum atomic E-state index is 1.24. The molecule has 13 aromatic carbocycles. The summed E-state index contributed by atoms with van der Waals surface area (Å²) in [6.07, 6.45) is 0. The van der Waals surface area contributed by atoms with Gasteiger partial charge in [0.05, 0.1) is 0 Å². The molecule has 0 amide bonds. The molecule has 0 saturated heterocycles. The van der Waals surface area contributed by atoms with Gasteiger partial charge in [0.1, 0.15) is 0 Å². The lowest BCUT2D eigenvalue weighted by atomic mass is 9.89. The smallest absolute Gasteiger partial charge is 0.00195 e. The van der Waals surface area contributed by atoms with Gasteiger partial charge in [-0.15, -0.1) is 0 Å². The Morgan fingerprint density at radius 3 is 0.883 bits per heavy atom. The van der Waals surface area contributed by atoms with Crippen LogP contribution in [0.2, 0.25) is 0 Å². The third-order valence-electron chi connectivity index (χ3n) is 13.4. The van der Waals surface area contributed by atoms with Crippen LogP contribution in [0.4, 0.5) is 0 Å². The highest BCUT2D eigenvalue weighted by Crippen LogP contribution is 2.50. The van der Waals surface area contributed by atoms with Crippen molar-refractivity contribution in [1.29, 1.82) is 0 Å². The predicted octanol–water partition coefficient (Wildman–Crippen LogP) is 17.1. The third-order valence-corrected chi connectivity index (χ3v) is 13.4. The monoisotopic (exact) mass is 758 g/mol. The Balaban J connectivity index is 1.17. The summed E-state index contributed by atoms with van der Waals surface area (Å²) in [6.45, 7) is 4.35. The molecule has 0 heteroatoms. The van der Waals surface area contributed by atoms with Gasteiger partial charge in [-0.1, -0.05) is 157 Å². The summed E-state index contributed by atoms with van der Waals surface area (Å²) in [4.78, 5) is 0. The fourth-order valence-electron chi connectivity index (χ4n) is 10.6. The summed E-state index contributed by atoms with van der Waals surface area (Å²) in [7, 11) is 0. The molecule has 0 nitrogen and oxygen atoms in total. The SMILES string of the molecule is Cc1cccc(-c2ccc3c(c2)c2cc(-c4ccccc4)cc4c5ccc6c(cc7c8ccc(-c9cccc(C)c9)cc8c8cc(-c9ccccc9)cc6c87)c5cc3c42)c1. The first-order valence-corrected chi connectivity index (χ1v) is 21.1. The molecule has 0 radical (unpaired) electrons. The lowest BCUT2D eigenvalue weighted by Gasteiger charge is -2.14. The van der Waals surface area contributed by atoms with E-state index in [1.165, 1.54) is 142 Å². The van der Waals surface area contributed by atoms with E-state index in [4.69, 9.17) is 0 Å². The second-order valence-electron chi connectivity index (χ2n) is 17.0. The first-order valence-electron chi connectivity index (χ1n) is 21.1. The van der Waals surface area contributed by atoms with Crippen molar-refractivity contribution >= 4 is 86.2 Å². The highest BCUT2D eigenvalue weighted by molar-refractivity contribution is 6.41. The van der Waals surface area contributed by atoms with Gasteiger partial charge >= 0.3 is 0 Å². The van der Waals surface area contributed by atoms with Crippen LogP contribution in [0.5, 0.6) is 0 Å². The van der Waals surface area contributed by atoms with Gasteiger partial charge in [-0.2, -0.15) is 0 Å². The molecule has 0 aromatic heterocycles. The number of hydrogen-bond acceptors (Lipinski definition) is 0. The summed E-state index contributed by atoms with van der Waals surface area (Å²) >= 11 is 0. The number of hydrogen-bond donors (Lipinski definition) is 0. The van der Waals surface area contributed by atoms with Crippen molar-refractivity contribution in [3.05, 3.63) is 205 Å². The maximum Gasteiger partial charge on any atom is -0.00195 e. The molecule has 0 aliphatic rings. The molecule has 0 heterocycles.